The Morgan fingerprint density at radius 2 is 2.62 bits per heavy atom. The zero-order valence-electron chi connectivity index (χ0n) is 4.13. The predicted octanol–water partition coefficient (Wildman–Crippen LogP) is 0.253. The van der Waals surface area contributed by atoms with Gasteiger partial charge in [-0.1, -0.05) is 0 Å². The van der Waals surface area contributed by atoms with Gasteiger partial charge in [-0.3, -0.25) is 0 Å². The van der Waals surface area contributed by atoms with Gasteiger partial charge < -0.3 is 5.32 Å². The van der Waals surface area contributed by atoms with Crippen molar-refractivity contribution in [3.05, 3.63) is 11.9 Å². The first-order valence-electron chi connectivity index (χ1n) is 2.36. The zero-order chi connectivity index (χ0) is 5.40. The minimum atomic E-state index is 0.653. The highest BCUT2D eigenvalue weighted by molar-refractivity contribution is 6.00. The molecule has 0 aromatic rings. The number of amidine groups is 1. The quantitative estimate of drug-likeness (QED) is 0.475. The summed E-state index contributed by atoms with van der Waals surface area (Å²) in [6.45, 7) is 0.653. The van der Waals surface area contributed by atoms with Gasteiger partial charge in [0.1, 0.15) is 12.4 Å². The zero-order valence-corrected chi connectivity index (χ0v) is 4.13. The lowest BCUT2D eigenvalue weighted by atomic mass is 10.5. The van der Waals surface area contributed by atoms with Crippen LogP contribution in [0.5, 0.6) is 0 Å². The Labute approximate surface area is 46.0 Å². The van der Waals surface area contributed by atoms with Crippen LogP contribution in [0.2, 0.25) is 0 Å². The van der Waals surface area contributed by atoms with Crippen molar-refractivity contribution in [2.75, 3.05) is 6.67 Å². The Kier molecular flexibility index (Phi) is 0.542. The van der Waals surface area contributed by atoms with Crippen molar-refractivity contribution in [3.63, 3.8) is 0 Å². The average Bonchev–Trinajstić information content (AvgIpc) is 2.15. The lowest BCUT2D eigenvalue weighted by Crippen LogP contribution is -2.06. The van der Waals surface area contributed by atoms with Crippen LogP contribution in [0, 0.1) is 0 Å². The molecule has 0 aliphatic carbocycles. The highest BCUT2D eigenvalue weighted by atomic mass is 15.3. The SMILES string of the molecule is C1=C2NCN=C2N=N1. The Morgan fingerprint density at radius 3 is 3.50 bits per heavy atom. The van der Waals surface area contributed by atoms with E-state index >= 15 is 0 Å². The molecule has 2 heterocycles. The van der Waals surface area contributed by atoms with Gasteiger partial charge >= 0.3 is 0 Å². The fourth-order valence-electron chi connectivity index (χ4n) is 0.694. The highest BCUT2D eigenvalue weighted by Crippen LogP contribution is 2.09. The minimum absolute atomic E-state index is 0.653. The van der Waals surface area contributed by atoms with Crippen LogP contribution in [0.15, 0.2) is 27.1 Å². The van der Waals surface area contributed by atoms with Crippen molar-refractivity contribution < 1.29 is 0 Å². The van der Waals surface area contributed by atoms with E-state index in [4.69, 9.17) is 0 Å². The Balaban J connectivity index is 2.49. The summed E-state index contributed by atoms with van der Waals surface area (Å²) in [5.41, 5.74) is 0.949. The second kappa shape index (κ2) is 1.15. The van der Waals surface area contributed by atoms with Crippen molar-refractivity contribution in [1.82, 2.24) is 5.32 Å². The number of hydrogen-bond acceptors (Lipinski definition) is 4. The lowest BCUT2D eigenvalue weighted by Gasteiger charge is -1.86. The van der Waals surface area contributed by atoms with Gasteiger partial charge in [-0.25, -0.2) is 4.99 Å². The maximum absolute atomic E-state index is 3.97. The maximum atomic E-state index is 3.97. The van der Waals surface area contributed by atoms with Crippen molar-refractivity contribution >= 4 is 5.84 Å². The molecule has 0 radical (unpaired) electrons. The molecule has 2 rings (SSSR count). The largest absolute Gasteiger partial charge is 0.362 e. The van der Waals surface area contributed by atoms with Gasteiger partial charge in [0.05, 0.1) is 6.20 Å². The second-order valence-corrected chi connectivity index (χ2v) is 1.57. The molecule has 0 atom stereocenters. The Bertz CT molecular complexity index is 200. The van der Waals surface area contributed by atoms with Crippen LogP contribution in [0.1, 0.15) is 0 Å². The van der Waals surface area contributed by atoms with Crippen LogP contribution < -0.4 is 5.32 Å². The van der Waals surface area contributed by atoms with Gasteiger partial charge in [-0.2, -0.15) is 5.11 Å². The van der Waals surface area contributed by atoms with Gasteiger partial charge in [-0.05, 0) is 0 Å². The predicted molar refractivity (Wildman–Crippen MR) is 28.4 cm³/mol. The number of hydrogen-bond donors (Lipinski definition) is 1. The first-order valence-corrected chi connectivity index (χ1v) is 2.36. The molecule has 0 saturated heterocycles. The van der Waals surface area contributed by atoms with E-state index in [1.165, 1.54) is 0 Å². The molecule has 4 heteroatoms. The van der Waals surface area contributed by atoms with Gasteiger partial charge in [0.25, 0.3) is 0 Å². The van der Waals surface area contributed by atoms with Crippen LogP contribution in [0.3, 0.4) is 0 Å². The fourth-order valence-corrected chi connectivity index (χ4v) is 0.694. The lowest BCUT2D eigenvalue weighted by molar-refractivity contribution is 0.905. The molecule has 0 fully saturated rings. The third kappa shape index (κ3) is 0.318. The van der Waals surface area contributed by atoms with Crippen molar-refractivity contribution in [3.8, 4) is 0 Å². The number of fused-ring (bicyclic) bond motifs is 1. The molecule has 0 saturated carbocycles. The Morgan fingerprint density at radius 1 is 1.62 bits per heavy atom. The van der Waals surface area contributed by atoms with Crippen LogP contribution >= 0.6 is 0 Å². The normalized spacial score (nSPS) is 22.0. The topological polar surface area (TPSA) is 49.1 Å². The third-order valence-electron chi connectivity index (χ3n) is 1.08. The molecule has 0 aromatic heterocycles. The van der Waals surface area contributed by atoms with Crippen LogP contribution in [-0.4, -0.2) is 12.5 Å². The molecule has 4 nitrogen and oxygen atoms in total. The van der Waals surface area contributed by atoms with E-state index in [0.29, 0.717) is 6.67 Å². The van der Waals surface area contributed by atoms with E-state index < -0.39 is 0 Å². The molecule has 0 amide bonds. The van der Waals surface area contributed by atoms with Crippen molar-refractivity contribution in [2.24, 2.45) is 15.2 Å². The highest BCUT2D eigenvalue weighted by Gasteiger charge is 2.14. The van der Waals surface area contributed by atoms with Gasteiger partial charge in [-0.15, -0.1) is 5.11 Å². The molecule has 8 heavy (non-hydrogen) atoms. The molecule has 0 spiro atoms. The van der Waals surface area contributed by atoms with E-state index in [2.05, 4.69) is 20.5 Å². The van der Waals surface area contributed by atoms with E-state index in [0.717, 1.165) is 11.5 Å². The summed E-state index contributed by atoms with van der Waals surface area (Å²) in [6, 6.07) is 0. The van der Waals surface area contributed by atoms with Crippen molar-refractivity contribution in [1.29, 1.82) is 0 Å². The summed E-state index contributed by atoms with van der Waals surface area (Å²) in [4.78, 5) is 3.97. The van der Waals surface area contributed by atoms with E-state index in [9.17, 15) is 0 Å². The summed E-state index contributed by atoms with van der Waals surface area (Å²) in [5, 5.41) is 10.3. The fraction of sp³-hybridized carbons (Fsp3) is 0.250. The number of nitrogens with zero attached hydrogens (tertiary/aromatic N) is 3. The molecule has 1 N–H and O–H groups in total. The summed E-state index contributed by atoms with van der Waals surface area (Å²) in [5.74, 6) is 0.741. The van der Waals surface area contributed by atoms with E-state index in [1.807, 2.05) is 0 Å². The smallest absolute Gasteiger partial charge is 0.196 e. The van der Waals surface area contributed by atoms with Gasteiger partial charge in [0, 0.05) is 0 Å². The average molecular weight is 108 g/mol. The molecular formula is C4H4N4. The summed E-state index contributed by atoms with van der Waals surface area (Å²) >= 11 is 0. The van der Waals surface area contributed by atoms with Gasteiger partial charge in [0.2, 0.25) is 0 Å². The van der Waals surface area contributed by atoms with Crippen LogP contribution in [0.25, 0.3) is 0 Å². The first-order chi connectivity index (χ1) is 3.97. The monoisotopic (exact) mass is 108 g/mol. The standard InChI is InChI=1S/C4H4N4/c1-3-4(8-7-1)6-2-5-3/h1,5H,2H2. The van der Waals surface area contributed by atoms with E-state index in [-0.39, 0.29) is 0 Å². The second-order valence-electron chi connectivity index (χ2n) is 1.57. The molecule has 0 aromatic carbocycles. The molecule has 0 bridgehead atoms. The van der Waals surface area contributed by atoms with Crippen molar-refractivity contribution in [2.45, 2.75) is 0 Å². The molecule has 2 aliphatic heterocycles. The van der Waals surface area contributed by atoms with Crippen LogP contribution in [0.4, 0.5) is 0 Å². The summed E-state index contributed by atoms with van der Waals surface area (Å²) in [7, 11) is 0. The molecular weight excluding hydrogens is 104 g/mol. The van der Waals surface area contributed by atoms with Crippen LogP contribution in [-0.2, 0) is 0 Å². The summed E-state index contributed by atoms with van der Waals surface area (Å²) < 4.78 is 0. The third-order valence-corrected chi connectivity index (χ3v) is 1.08. The molecule has 40 valence electrons. The van der Waals surface area contributed by atoms with E-state index in [1.54, 1.807) is 6.20 Å². The molecule has 2 aliphatic rings. The number of rotatable bonds is 0. The minimum Gasteiger partial charge on any atom is -0.362 e. The molecule has 0 unspecified atom stereocenters. The number of aliphatic imine (C=N–C) groups is 1. The Hall–Kier alpha value is -1.19. The first kappa shape index (κ1) is 3.77. The van der Waals surface area contributed by atoms with Gasteiger partial charge in [0.15, 0.2) is 5.84 Å². The summed E-state index contributed by atoms with van der Waals surface area (Å²) in [6.07, 6.45) is 1.67. The maximum Gasteiger partial charge on any atom is 0.196 e. The number of azo groups is 1. The number of nitrogens with one attached hydrogen (secondary N) is 1.